The first kappa shape index (κ1) is 24.9. The third-order valence-corrected chi connectivity index (χ3v) is 6.24. The highest BCUT2D eigenvalue weighted by molar-refractivity contribution is 7.86. The quantitative estimate of drug-likeness (QED) is 0.230. The van der Waals surface area contributed by atoms with Gasteiger partial charge in [-0.25, -0.2) is 0 Å². The molecule has 152 valence electrons. The number of rotatable bonds is 18. The molecule has 2 atom stereocenters. The van der Waals surface area contributed by atoms with E-state index in [-0.39, 0.29) is 6.10 Å². The lowest BCUT2D eigenvalue weighted by atomic mass is 10.0. The molecule has 5 heteroatoms. The van der Waals surface area contributed by atoms with Crippen molar-refractivity contribution in [3.63, 3.8) is 0 Å². The molecule has 0 rings (SSSR count). The lowest BCUT2D eigenvalue weighted by Gasteiger charge is -2.07. The molecule has 2 unspecified atom stereocenters. The van der Waals surface area contributed by atoms with Crippen LogP contribution < -0.4 is 0 Å². The van der Waals surface area contributed by atoms with Gasteiger partial charge in [-0.15, -0.1) is 0 Å². The second-order valence-electron chi connectivity index (χ2n) is 7.70. The van der Waals surface area contributed by atoms with Gasteiger partial charge < -0.3 is 5.11 Å². The highest BCUT2D eigenvalue weighted by Gasteiger charge is 2.15. The smallest absolute Gasteiger partial charge is 0.267 e. The number of aliphatic hydroxyl groups excluding tert-OH is 1. The largest absolute Gasteiger partial charge is 0.393 e. The third kappa shape index (κ3) is 18.5. The first-order chi connectivity index (χ1) is 11.8. The van der Waals surface area contributed by atoms with Gasteiger partial charge in [-0.05, 0) is 26.7 Å². The fourth-order valence-electron chi connectivity index (χ4n) is 3.14. The minimum atomic E-state index is -3.84. The number of unbranched alkanes of at least 4 members (excludes halogenated alkanes) is 13. The molecule has 0 heterocycles. The van der Waals surface area contributed by atoms with Crippen molar-refractivity contribution in [2.24, 2.45) is 0 Å². The molecule has 2 N–H and O–H groups in total. The fraction of sp³-hybridized carbons (Fsp3) is 1.00. The van der Waals surface area contributed by atoms with E-state index < -0.39 is 15.4 Å². The second-order valence-corrected chi connectivity index (χ2v) is 9.54. The Morgan fingerprint density at radius 1 is 0.600 bits per heavy atom. The molecule has 0 saturated carbocycles. The van der Waals surface area contributed by atoms with Crippen LogP contribution in [0.1, 0.15) is 117 Å². The zero-order valence-corrected chi connectivity index (χ0v) is 17.4. The van der Waals surface area contributed by atoms with Crippen LogP contribution in [0.3, 0.4) is 0 Å². The van der Waals surface area contributed by atoms with Crippen molar-refractivity contribution in [3.05, 3.63) is 0 Å². The van der Waals surface area contributed by atoms with Crippen molar-refractivity contribution < 1.29 is 18.1 Å². The summed E-state index contributed by atoms with van der Waals surface area (Å²) in [4.78, 5) is 0. The molecule has 0 saturated heterocycles. The molecule has 4 nitrogen and oxygen atoms in total. The maximum absolute atomic E-state index is 10.9. The third-order valence-electron chi connectivity index (χ3n) is 4.99. The summed E-state index contributed by atoms with van der Waals surface area (Å²) in [6.45, 7) is 3.44. The van der Waals surface area contributed by atoms with Crippen molar-refractivity contribution >= 4 is 10.1 Å². The van der Waals surface area contributed by atoms with E-state index in [0.29, 0.717) is 6.42 Å². The molecule has 0 aliphatic rings. The molecule has 0 aromatic carbocycles. The van der Waals surface area contributed by atoms with E-state index >= 15 is 0 Å². The summed E-state index contributed by atoms with van der Waals surface area (Å²) in [6, 6.07) is 0. The predicted octanol–water partition coefficient (Wildman–Crippen LogP) is 5.89. The summed E-state index contributed by atoms with van der Waals surface area (Å²) in [6.07, 6.45) is 18.8. The second kappa shape index (κ2) is 16.1. The number of aliphatic hydroxyl groups is 1. The van der Waals surface area contributed by atoms with Crippen LogP contribution in [-0.2, 0) is 10.1 Å². The molecule has 0 spiro atoms. The minimum Gasteiger partial charge on any atom is -0.393 e. The summed E-state index contributed by atoms with van der Waals surface area (Å²) in [5.74, 6) is 0. The summed E-state index contributed by atoms with van der Waals surface area (Å²) in [7, 11) is -3.84. The van der Waals surface area contributed by atoms with Crippen LogP contribution in [0.15, 0.2) is 0 Å². The number of hydrogen-bond donors (Lipinski definition) is 2. The van der Waals surface area contributed by atoms with Crippen LogP contribution in [0, 0.1) is 0 Å². The lowest BCUT2D eigenvalue weighted by Crippen LogP contribution is -2.16. The highest BCUT2D eigenvalue weighted by atomic mass is 32.2. The van der Waals surface area contributed by atoms with Crippen LogP contribution in [-0.4, -0.2) is 29.4 Å². The Morgan fingerprint density at radius 3 is 1.16 bits per heavy atom. The van der Waals surface area contributed by atoms with Gasteiger partial charge in [0.1, 0.15) is 0 Å². The van der Waals surface area contributed by atoms with Gasteiger partial charge in [-0.2, -0.15) is 8.42 Å². The Hall–Kier alpha value is -0.130. The summed E-state index contributed by atoms with van der Waals surface area (Å²) in [5, 5.41) is 8.56. The molecule has 0 fully saturated rings. The maximum atomic E-state index is 10.9. The van der Waals surface area contributed by atoms with E-state index in [9.17, 15) is 13.5 Å². The Kier molecular flexibility index (Phi) is 16.0. The van der Waals surface area contributed by atoms with Crippen molar-refractivity contribution in [3.8, 4) is 0 Å². The molecule has 0 aromatic heterocycles. The van der Waals surface area contributed by atoms with Crippen molar-refractivity contribution in [1.82, 2.24) is 0 Å². The van der Waals surface area contributed by atoms with Gasteiger partial charge in [-0.1, -0.05) is 89.9 Å². The molecule has 0 aliphatic heterocycles. The van der Waals surface area contributed by atoms with Crippen LogP contribution in [0.2, 0.25) is 0 Å². The Labute approximate surface area is 156 Å². The predicted molar refractivity (Wildman–Crippen MR) is 107 cm³/mol. The van der Waals surface area contributed by atoms with Crippen molar-refractivity contribution in [2.45, 2.75) is 128 Å². The van der Waals surface area contributed by atoms with Crippen LogP contribution in [0.25, 0.3) is 0 Å². The van der Waals surface area contributed by atoms with Crippen molar-refractivity contribution in [1.29, 1.82) is 0 Å². The Morgan fingerprint density at radius 2 is 0.880 bits per heavy atom. The summed E-state index contributed by atoms with van der Waals surface area (Å²) < 4.78 is 30.6. The molecular formula is C20H42O4S. The van der Waals surface area contributed by atoms with Gasteiger partial charge in [-0.3, -0.25) is 4.55 Å². The normalized spacial score (nSPS) is 14.6. The first-order valence-corrected chi connectivity index (χ1v) is 12.0. The number of hydrogen-bond acceptors (Lipinski definition) is 3. The van der Waals surface area contributed by atoms with Gasteiger partial charge in [0.25, 0.3) is 10.1 Å². The molecule has 0 aromatic rings. The van der Waals surface area contributed by atoms with Crippen LogP contribution >= 0.6 is 0 Å². The molecule has 0 amide bonds. The monoisotopic (exact) mass is 378 g/mol. The minimum absolute atomic E-state index is 0.139. The molecule has 0 bridgehead atoms. The van der Waals surface area contributed by atoms with E-state index in [4.69, 9.17) is 4.55 Å². The van der Waals surface area contributed by atoms with Gasteiger partial charge in [0, 0.05) is 0 Å². The Bertz CT molecular complexity index is 379. The fourth-order valence-corrected chi connectivity index (χ4v) is 3.61. The summed E-state index contributed by atoms with van der Waals surface area (Å²) in [5.41, 5.74) is 0. The SMILES string of the molecule is CC(O)CCCCCCCCCCCCCCCCC(C)S(=O)(=O)O. The lowest BCUT2D eigenvalue weighted by molar-refractivity contribution is 0.180. The van der Waals surface area contributed by atoms with Crippen LogP contribution in [0.4, 0.5) is 0 Å². The maximum Gasteiger partial charge on any atom is 0.267 e. The van der Waals surface area contributed by atoms with E-state index in [1.54, 1.807) is 6.92 Å². The zero-order chi connectivity index (χ0) is 19.0. The molecular weight excluding hydrogens is 336 g/mol. The summed E-state index contributed by atoms with van der Waals surface area (Å²) >= 11 is 0. The topological polar surface area (TPSA) is 74.6 Å². The zero-order valence-electron chi connectivity index (χ0n) is 16.6. The van der Waals surface area contributed by atoms with E-state index in [1.165, 1.54) is 70.6 Å². The molecule has 0 aliphatic carbocycles. The highest BCUT2D eigenvalue weighted by Crippen LogP contribution is 2.15. The first-order valence-electron chi connectivity index (χ1n) is 10.5. The van der Waals surface area contributed by atoms with Crippen molar-refractivity contribution in [2.75, 3.05) is 0 Å². The average molecular weight is 379 g/mol. The Balaban J connectivity index is 3.15. The van der Waals surface area contributed by atoms with E-state index in [2.05, 4.69) is 0 Å². The molecule has 0 radical (unpaired) electrons. The van der Waals surface area contributed by atoms with Gasteiger partial charge in [0.2, 0.25) is 0 Å². The van der Waals surface area contributed by atoms with Gasteiger partial charge >= 0.3 is 0 Å². The van der Waals surface area contributed by atoms with Crippen LogP contribution in [0.5, 0.6) is 0 Å². The molecule has 25 heavy (non-hydrogen) atoms. The van der Waals surface area contributed by atoms with Gasteiger partial charge in [0.15, 0.2) is 0 Å². The van der Waals surface area contributed by atoms with E-state index in [1.807, 2.05) is 6.92 Å². The standard InChI is InChI=1S/C20H42O4S/c1-19(21)17-15-13-11-9-7-5-3-4-6-8-10-12-14-16-18-20(2)25(22,23)24/h19-21H,3-18H2,1-2H3,(H,22,23,24). The van der Waals surface area contributed by atoms with Gasteiger partial charge in [0.05, 0.1) is 11.4 Å². The average Bonchev–Trinajstić information content (AvgIpc) is 2.53. The van der Waals surface area contributed by atoms with E-state index in [0.717, 1.165) is 25.7 Å².